The Morgan fingerprint density at radius 2 is 1.79 bits per heavy atom. The Kier molecular flexibility index (Phi) is 9.26. The van der Waals surface area contributed by atoms with Crippen molar-refractivity contribution in [3.05, 3.63) is 100 Å². The number of rotatable bonds is 6. The van der Waals surface area contributed by atoms with Crippen molar-refractivity contribution in [2.75, 3.05) is 32.6 Å². The van der Waals surface area contributed by atoms with Crippen molar-refractivity contribution >= 4 is 34.1 Å². The molecule has 0 fully saturated rings. The molecule has 4 aromatic rings. The topological polar surface area (TPSA) is 51.4 Å². The molecule has 6 heteroatoms. The zero-order valence-electron chi connectivity index (χ0n) is 23.1. The van der Waals surface area contributed by atoms with Crippen LogP contribution in [0.5, 0.6) is 0 Å². The van der Waals surface area contributed by atoms with Crippen LogP contribution < -0.4 is 10.2 Å². The maximum Gasteiger partial charge on any atom is 0.244 e. The summed E-state index contributed by atoms with van der Waals surface area (Å²) in [5.41, 5.74) is 6.76. The van der Waals surface area contributed by atoms with Crippen molar-refractivity contribution in [1.82, 2.24) is 15.2 Å². The van der Waals surface area contributed by atoms with E-state index in [2.05, 4.69) is 60.5 Å². The molecule has 3 aromatic carbocycles. The van der Waals surface area contributed by atoms with Crippen LogP contribution in [-0.4, -0.2) is 49.5 Å². The van der Waals surface area contributed by atoms with E-state index >= 15 is 0 Å². The molecule has 0 aliphatic carbocycles. The van der Waals surface area contributed by atoms with Gasteiger partial charge in [-0.15, -0.1) is 0 Å². The van der Waals surface area contributed by atoms with Gasteiger partial charge in [-0.2, -0.15) is 0 Å². The molecule has 0 saturated carbocycles. The van der Waals surface area contributed by atoms with Crippen LogP contribution in [0.1, 0.15) is 41.5 Å². The van der Waals surface area contributed by atoms with Gasteiger partial charge in [0, 0.05) is 46.8 Å². The highest BCUT2D eigenvalue weighted by Crippen LogP contribution is 2.33. The molecule has 0 radical (unpaired) electrons. The van der Waals surface area contributed by atoms with Gasteiger partial charge in [-0.25, -0.2) is 0 Å². The summed E-state index contributed by atoms with van der Waals surface area (Å²) in [4.78, 5) is 21.4. The van der Waals surface area contributed by atoms with E-state index in [1.807, 2.05) is 67.5 Å². The Balaban J connectivity index is 0.000000786. The number of nitrogens with one attached hydrogen (secondary N) is 2. The number of halogens is 1. The normalized spacial score (nSPS) is 14.6. The number of aromatic amines is 1. The first-order chi connectivity index (χ1) is 18.2. The molecule has 1 aliphatic rings. The van der Waals surface area contributed by atoms with E-state index in [4.69, 9.17) is 11.6 Å². The number of anilines is 1. The quantitative estimate of drug-likeness (QED) is 0.297. The third kappa shape index (κ3) is 6.65. The molecule has 2 atom stereocenters. The number of nitrogens with zero attached hydrogens (tertiary/aromatic N) is 2. The smallest absolute Gasteiger partial charge is 0.244 e. The molecule has 2 N–H and O–H groups in total. The lowest BCUT2D eigenvalue weighted by Crippen LogP contribution is -2.50. The fraction of sp³-hybridized carbons (Fsp3) is 0.344. The van der Waals surface area contributed by atoms with E-state index in [0.29, 0.717) is 11.6 Å². The SMILES string of the molecule is CN(C)C.Cc1ccc(CNC(C(=O)N2CCCc3cc(Cl)ccc32)C(C)c2c[nH]c3ccccc23)cc1. The minimum absolute atomic E-state index is 0.0215. The number of hydrogen-bond acceptors (Lipinski definition) is 3. The van der Waals surface area contributed by atoms with Crippen molar-refractivity contribution in [1.29, 1.82) is 0 Å². The van der Waals surface area contributed by atoms with Gasteiger partial charge in [0.05, 0.1) is 6.04 Å². The average Bonchev–Trinajstić information content (AvgIpc) is 3.33. The average molecular weight is 531 g/mol. The molecule has 1 aliphatic heterocycles. The van der Waals surface area contributed by atoms with Crippen molar-refractivity contribution in [3.63, 3.8) is 0 Å². The summed E-state index contributed by atoms with van der Waals surface area (Å²) >= 11 is 6.25. The van der Waals surface area contributed by atoms with Crippen LogP contribution in [0, 0.1) is 6.92 Å². The Morgan fingerprint density at radius 1 is 1.08 bits per heavy atom. The van der Waals surface area contributed by atoms with Gasteiger partial charge in [-0.05, 0) is 81.9 Å². The number of para-hydroxylation sites is 1. The number of aryl methyl sites for hydroxylation is 2. The minimum atomic E-state index is -0.373. The van der Waals surface area contributed by atoms with Crippen LogP contribution in [-0.2, 0) is 17.8 Å². The lowest BCUT2D eigenvalue weighted by Gasteiger charge is -2.35. The Bertz CT molecular complexity index is 1360. The maximum atomic E-state index is 14.1. The molecule has 5 rings (SSSR count). The summed E-state index contributed by atoms with van der Waals surface area (Å²) in [6.45, 7) is 5.58. The van der Waals surface area contributed by atoms with E-state index < -0.39 is 0 Å². The Labute approximate surface area is 231 Å². The second-order valence-electron chi connectivity index (χ2n) is 10.6. The van der Waals surface area contributed by atoms with Crippen molar-refractivity contribution in [3.8, 4) is 0 Å². The van der Waals surface area contributed by atoms with Gasteiger partial charge >= 0.3 is 0 Å². The first-order valence-corrected chi connectivity index (χ1v) is 13.7. The van der Waals surface area contributed by atoms with Gasteiger partial charge in [0.1, 0.15) is 0 Å². The molecule has 1 aromatic heterocycles. The van der Waals surface area contributed by atoms with Crippen molar-refractivity contribution < 1.29 is 4.79 Å². The van der Waals surface area contributed by atoms with Crippen LogP contribution in [0.4, 0.5) is 5.69 Å². The monoisotopic (exact) mass is 530 g/mol. The molecule has 2 unspecified atom stereocenters. The number of fused-ring (bicyclic) bond motifs is 2. The number of H-pyrrole nitrogens is 1. The highest BCUT2D eigenvalue weighted by atomic mass is 35.5. The summed E-state index contributed by atoms with van der Waals surface area (Å²) in [5, 5.41) is 5.50. The summed E-state index contributed by atoms with van der Waals surface area (Å²) in [6.07, 6.45) is 3.93. The molecule has 5 nitrogen and oxygen atoms in total. The van der Waals surface area contributed by atoms with E-state index in [1.165, 1.54) is 11.1 Å². The first-order valence-electron chi connectivity index (χ1n) is 13.3. The number of benzene rings is 3. The standard InChI is InChI=1S/C29H30ClN3O.C3H9N/c1-19-9-11-21(12-10-19)17-32-28(20(2)25-18-31-26-8-4-3-7-24(25)26)29(34)33-15-5-6-22-16-23(30)13-14-27(22)33;1-4(2)3/h3-4,7-14,16,18,20,28,31-32H,5-6,15,17H2,1-2H3;1-3H3. The molecule has 0 saturated heterocycles. The number of hydrogen-bond donors (Lipinski definition) is 2. The molecule has 0 bridgehead atoms. The van der Waals surface area contributed by atoms with E-state index in [9.17, 15) is 4.79 Å². The molecule has 0 spiro atoms. The third-order valence-electron chi connectivity index (χ3n) is 6.95. The molecule has 38 heavy (non-hydrogen) atoms. The largest absolute Gasteiger partial charge is 0.361 e. The minimum Gasteiger partial charge on any atom is -0.361 e. The summed E-state index contributed by atoms with van der Waals surface area (Å²) in [7, 11) is 6.00. The third-order valence-corrected chi connectivity index (χ3v) is 7.19. The summed E-state index contributed by atoms with van der Waals surface area (Å²) in [6, 6.07) is 22.2. The fourth-order valence-electron chi connectivity index (χ4n) is 5.02. The Hall–Kier alpha value is -3.12. The predicted octanol–water partition coefficient (Wildman–Crippen LogP) is 6.55. The van der Waals surface area contributed by atoms with Gasteiger partial charge < -0.3 is 20.1 Å². The van der Waals surface area contributed by atoms with Gasteiger partial charge in [0.15, 0.2) is 0 Å². The van der Waals surface area contributed by atoms with Crippen molar-refractivity contribution in [2.24, 2.45) is 0 Å². The lowest BCUT2D eigenvalue weighted by atomic mass is 9.90. The zero-order chi connectivity index (χ0) is 27.2. The molecule has 1 amide bonds. The fourth-order valence-corrected chi connectivity index (χ4v) is 5.22. The number of aromatic nitrogens is 1. The number of amides is 1. The van der Waals surface area contributed by atoms with Gasteiger partial charge in [0.2, 0.25) is 5.91 Å². The van der Waals surface area contributed by atoms with Gasteiger partial charge in [-0.3, -0.25) is 4.79 Å². The summed E-state index contributed by atoms with van der Waals surface area (Å²) < 4.78 is 0. The van der Waals surface area contributed by atoms with E-state index in [1.54, 1.807) is 0 Å². The van der Waals surface area contributed by atoms with Gasteiger partial charge in [-0.1, -0.05) is 66.6 Å². The van der Waals surface area contributed by atoms with E-state index in [0.717, 1.165) is 47.1 Å². The van der Waals surface area contributed by atoms with E-state index in [-0.39, 0.29) is 17.9 Å². The lowest BCUT2D eigenvalue weighted by molar-refractivity contribution is -0.121. The molecular formula is C32H39ClN4O. The molecule has 2 heterocycles. The predicted molar refractivity (Wildman–Crippen MR) is 160 cm³/mol. The van der Waals surface area contributed by atoms with Crippen LogP contribution in [0.3, 0.4) is 0 Å². The zero-order valence-corrected chi connectivity index (χ0v) is 23.8. The van der Waals surface area contributed by atoms with Gasteiger partial charge in [0.25, 0.3) is 0 Å². The van der Waals surface area contributed by atoms with Crippen molar-refractivity contribution in [2.45, 2.75) is 45.2 Å². The highest BCUT2D eigenvalue weighted by Gasteiger charge is 2.33. The highest BCUT2D eigenvalue weighted by molar-refractivity contribution is 6.30. The molecular weight excluding hydrogens is 492 g/mol. The van der Waals surface area contributed by atoms with Crippen LogP contribution in [0.15, 0.2) is 72.9 Å². The number of carbonyl (C=O) groups is 1. The maximum absolute atomic E-state index is 14.1. The summed E-state index contributed by atoms with van der Waals surface area (Å²) in [5.74, 6) is 0.0833. The van der Waals surface area contributed by atoms with Crippen LogP contribution in [0.2, 0.25) is 5.02 Å². The molecule has 200 valence electrons. The Morgan fingerprint density at radius 3 is 2.53 bits per heavy atom. The second kappa shape index (κ2) is 12.6. The number of carbonyl (C=O) groups excluding carboxylic acids is 1. The van der Waals surface area contributed by atoms with Crippen LogP contribution in [0.25, 0.3) is 10.9 Å². The van der Waals surface area contributed by atoms with Crippen LogP contribution >= 0.6 is 11.6 Å². The first kappa shape index (κ1) is 27.9. The second-order valence-corrected chi connectivity index (χ2v) is 11.1.